The van der Waals surface area contributed by atoms with Crippen LogP contribution in [0.25, 0.3) is 0 Å². The Bertz CT molecular complexity index is 444. The van der Waals surface area contributed by atoms with Crippen molar-refractivity contribution >= 4 is 5.78 Å². The van der Waals surface area contributed by atoms with Gasteiger partial charge < -0.3 is 5.11 Å². The van der Waals surface area contributed by atoms with Crippen LogP contribution < -0.4 is 0 Å². The smallest absolute Gasteiger partial charge is 0.168 e. The molecule has 0 heterocycles. The third-order valence-corrected chi connectivity index (χ3v) is 4.74. The maximum absolute atomic E-state index is 12.6. The first-order valence-corrected chi connectivity index (χ1v) is 7.52. The van der Waals surface area contributed by atoms with Gasteiger partial charge in [0.25, 0.3) is 0 Å². The third kappa shape index (κ3) is 2.59. The largest absolute Gasteiger partial charge is 0.382 e. The van der Waals surface area contributed by atoms with E-state index in [-0.39, 0.29) is 11.7 Å². The number of hydrogen-bond acceptors (Lipinski definition) is 2. The Morgan fingerprint density at radius 1 is 1.05 bits per heavy atom. The molecule has 2 fully saturated rings. The van der Waals surface area contributed by atoms with Gasteiger partial charge in [0.15, 0.2) is 5.78 Å². The van der Waals surface area contributed by atoms with Crippen LogP contribution in [-0.2, 0) is 4.79 Å². The van der Waals surface area contributed by atoms with Gasteiger partial charge >= 0.3 is 0 Å². The van der Waals surface area contributed by atoms with E-state index in [0.29, 0.717) is 18.8 Å². The van der Waals surface area contributed by atoms with Crippen LogP contribution in [0, 0.1) is 5.92 Å². The molecule has 2 nitrogen and oxygen atoms in total. The highest BCUT2D eigenvalue weighted by Gasteiger charge is 2.51. The highest BCUT2D eigenvalue weighted by atomic mass is 16.3. The summed E-state index contributed by atoms with van der Waals surface area (Å²) in [6, 6.07) is 10.2. The molecule has 1 aromatic carbocycles. The van der Waals surface area contributed by atoms with E-state index in [1.165, 1.54) is 5.56 Å². The van der Waals surface area contributed by atoms with Crippen molar-refractivity contribution in [3.05, 3.63) is 35.9 Å². The number of rotatable bonds is 3. The molecule has 0 saturated heterocycles. The Morgan fingerprint density at radius 2 is 1.68 bits per heavy atom. The fourth-order valence-corrected chi connectivity index (χ4v) is 3.46. The van der Waals surface area contributed by atoms with E-state index in [1.54, 1.807) is 0 Å². The van der Waals surface area contributed by atoms with Crippen LogP contribution in [0.3, 0.4) is 0 Å². The van der Waals surface area contributed by atoms with E-state index in [4.69, 9.17) is 0 Å². The summed E-state index contributed by atoms with van der Waals surface area (Å²) in [6.45, 7) is 0. The number of ketones is 1. The Hall–Kier alpha value is -1.15. The fourth-order valence-electron chi connectivity index (χ4n) is 3.46. The second-order valence-corrected chi connectivity index (χ2v) is 6.17. The Morgan fingerprint density at radius 3 is 2.32 bits per heavy atom. The van der Waals surface area contributed by atoms with Crippen LogP contribution in [0.4, 0.5) is 0 Å². The Balaban J connectivity index is 1.69. The molecule has 0 bridgehead atoms. The van der Waals surface area contributed by atoms with Crippen molar-refractivity contribution in [1.29, 1.82) is 0 Å². The van der Waals surface area contributed by atoms with Gasteiger partial charge in [-0.15, -0.1) is 0 Å². The predicted octanol–water partition coefficient (Wildman–Crippen LogP) is 3.44. The molecule has 19 heavy (non-hydrogen) atoms. The van der Waals surface area contributed by atoms with E-state index in [1.807, 2.05) is 18.2 Å². The van der Waals surface area contributed by atoms with Gasteiger partial charge in [0.05, 0.1) is 0 Å². The first kappa shape index (κ1) is 12.9. The molecule has 0 radical (unpaired) electrons. The molecule has 1 N–H and O–H groups in total. The molecule has 2 aliphatic carbocycles. The molecule has 0 aromatic heterocycles. The van der Waals surface area contributed by atoms with Gasteiger partial charge in [-0.2, -0.15) is 0 Å². The summed E-state index contributed by atoms with van der Waals surface area (Å²) in [7, 11) is 0. The first-order valence-electron chi connectivity index (χ1n) is 7.52. The molecule has 102 valence electrons. The zero-order valence-electron chi connectivity index (χ0n) is 11.3. The van der Waals surface area contributed by atoms with E-state index >= 15 is 0 Å². The highest BCUT2D eigenvalue weighted by Crippen LogP contribution is 2.50. The van der Waals surface area contributed by atoms with Crippen LogP contribution in [-0.4, -0.2) is 16.5 Å². The van der Waals surface area contributed by atoms with Gasteiger partial charge in [-0.1, -0.05) is 56.0 Å². The number of carbonyl (C=O) groups is 1. The zero-order valence-corrected chi connectivity index (χ0v) is 11.3. The molecule has 0 amide bonds. The molecule has 2 saturated carbocycles. The van der Waals surface area contributed by atoms with Crippen molar-refractivity contribution in [2.45, 2.75) is 56.5 Å². The van der Waals surface area contributed by atoms with Crippen molar-refractivity contribution < 1.29 is 9.90 Å². The standard InChI is InChI=1S/C17H22O2/c18-16(17(19)10-6-1-2-7-11-17)15-12-14(15)13-8-4-3-5-9-13/h3-5,8-9,14-15,19H,1-2,6-7,10-12H2. The maximum Gasteiger partial charge on any atom is 0.168 e. The van der Waals surface area contributed by atoms with Gasteiger partial charge in [0.1, 0.15) is 5.60 Å². The summed E-state index contributed by atoms with van der Waals surface area (Å²) in [5.74, 6) is 0.523. The average molecular weight is 258 g/mol. The highest BCUT2D eigenvalue weighted by molar-refractivity contribution is 5.92. The summed E-state index contributed by atoms with van der Waals surface area (Å²) in [4.78, 5) is 12.6. The molecule has 3 rings (SSSR count). The molecular weight excluding hydrogens is 236 g/mol. The molecule has 2 heteroatoms. The quantitative estimate of drug-likeness (QED) is 0.843. The summed E-state index contributed by atoms with van der Waals surface area (Å²) in [5, 5.41) is 10.6. The van der Waals surface area contributed by atoms with E-state index in [0.717, 1.165) is 32.1 Å². The number of hydrogen-bond donors (Lipinski definition) is 1. The molecule has 0 spiro atoms. The lowest BCUT2D eigenvalue weighted by Crippen LogP contribution is -2.39. The minimum atomic E-state index is -1.02. The molecule has 2 aliphatic rings. The fraction of sp³-hybridized carbons (Fsp3) is 0.588. The minimum Gasteiger partial charge on any atom is -0.382 e. The summed E-state index contributed by atoms with van der Waals surface area (Å²) in [6.07, 6.45) is 6.56. The number of benzene rings is 1. The topological polar surface area (TPSA) is 37.3 Å². The van der Waals surface area contributed by atoms with E-state index in [2.05, 4.69) is 12.1 Å². The SMILES string of the molecule is O=C(C1CC1c1ccccc1)C1(O)CCCCCC1. The zero-order chi connectivity index (χ0) is 13.3. The van der Waals surface area contributed by atoms with Crippen LogP contribution in [0.15, 0.2) is 30.3 Å². The van der Waals surface area contributed by atoms with E-state index in [9.17, 15) is 9.90 Å². The molecule has 0 aliphatic heterocycles. The first-order chi connectivity index (χ1) is 9.21. The van der Waals surface area contributed by atoms with Gasteiger partial charge in [-0.25, -0.2) is 0 Å². The van der Waals surface area contributed by atoms with Gasteiger partial charge in [0.2, 0.25) is 0 Å². The summed E-state index contributed by atoms with van der Waals surface area (Å²) < 4.78 is 0. The minimum absolute atomic E-state index is 0.0606. The summed E-state index contributed by atoms with van der Waals surface area (Å²) >= 11 is 0. The average Bonchev–Trinajstić information content (AvgIpc) is 3.24. The van der Waals surface area contributed by atoms with Crippen molar-refractivity contribution in [3.8, 4) is 0 Å². The summed E-state index contributed by atoms with van der Waals surface area (Å²) in [5.41, 5.74) is 0.225. The van der Waals surface area contributed by atoms with Gasteiger partial charge in [-0.05, 0) is 30.7 Å². The number of aliphatic hydroxyl groups is 1. The third-order valence-electron chi connectivity index (χ3n) is 4.74. The van der Waals surface area contributed by atoms with E-state index < -0.39 is 5.60 Å². The lowest BCUT2D eigenvalue weighted by Gasteiger charge is -2.25. The molecular formula is C17H22O2. The lowest BCUT2D eigenvalue weighted by atomic mass is 9.86. The monoisotopic (exact) mass is 258 g/mol. The van der Waals surface area contributed by atoms with Crippen molar-refractivity contribution in [3.63, 3.8) is 0 Å². The van der Waals surface area contributed by atoms with Crippen LogP contribution in [0.1, 0.15) is 56.4 Å². The lowest BCUT2D eigenvalue weighted by molar-refractivity contribution is -0.140. The molecule has 2 unspecified atom stereocenters. The number of Topliss-reactive ketones (excluding diaryl/α,β-unsaturated/α-hetero) is 1. The molecule has 2 atom stereocenters. The van der Waals surface area contributed by atoms with Crippen molar-refractivity contribution in [2.75, 3.05) is 0 Å². The second kappa shape index (κ2) is 5.09. The maximum atomic E-state index is 12.6. The van der Waals surface area contributed by atoms with Crippen LogP contribution >= 0.6 is 0 Å². The Kier molecular flexibility index (Phi) is 3.44. The number of carbonyl (C=O) groups excluding carboxylic acids is 1. The van der Waals surface area contributed by atoms with Crippen LogP contribution in [0.2, 0.25) is 0 Å². The van der Waals surface area contributed by atoms with Crippen molar-refractivity contribution in [2.24, 2.45) is 5.92 Å². The van der Waals surface area contributed by atoms with Gasteiger partial charge in [0, 0.05) is 5.92 Å². The van der Waals surface area contributed by atoms with Crippen LogP contribution in [0.5, 0.6) is 0 Å². The second-order valence-electron chi connectivity index (χ2n) is 6.17. The normalized spacial score (nSPS) is 29.5. The predicted molar refractivity (Wildman–Crippen MR) is 74.9 cm³/mol. The van der Waals surface area contributed by atoms with Gasteiger partial charge in [-0.3, -0.25) is 4.79 Å². The van der Waals surface area contributed by atoms with Crippen molar-refractivity contribution in [1.82, 2.24) is 0 Å². The Labute approximate surface area is 114 Å². The molecule has 1 aromatic rings.